The van der Waals surface area contributed by atoms with E-state index in [0.717, 1.165) is 5.57 Å². The molecule has 0 saturated heterocycles. The van der Waals surface area contributed by atoms with Crippen LogP contribution in [0.15, 0.2) is 11.8 Å². The van der Waals surface area contributed by atoms with Crippen LogP contribution in [0.25, 0.3) is 0 Å². The monoisotopic (exact) mass is 124 g/mol. The van der Waals surface area contributed by atoms with E-state index >= 15 is 0 Å². The average molecular weight is 124 g/mol. The Labute approximate surface area is 55.5 Å². The highest BCUT2D eigenvalue weighted by atomic mass is 14.9. The van der Waals surface area contributed by atoms with Crippen molar-refractivity contribution in [3.05, 3.63) is 11.8 Å². The minimum absolute atomic E-state index is 0.708. The van der Waals surface area contributed by atoms with E-state index in [1.54, 1.807) is 0 Å². The van der Waals surface area contributed by atoms with Crippen LogP contribution in [0, 0.1) is 5.41 Å². The van der Waals surface area contributed by atoms with Gasteiger partial charge in [-0.05, 0) is 25.3 Å². The number of nitrogens with one attached hydrogen (secondary N) is 2. The maximum absolute atomic E-state index is 6.84. The normalized spacial score (nSPS) is 19.4. The lowest BCUT2D eigenvalue weighted by Crippen LogP contribution is -2.07. The molecule has 0 aliphatic heterocycles. The lowest BCUT2D eigenvalue weighted by molar-refractivity contribution is 0.858. The van der Waals surface area contributed by atoms with Crippen molar-refractivity contribution in [3.63, 3.8) is 0 Å². The average Bonchev–Trinajstić information content (AvgIpc) is 2.65. The van der Waals surface area contributed by atoms with Crippen LogP contribution in [0.3, 0.4) is 0 Å². The van der Waals surface area contributed by atoms with Gasteiger partial charge in [0.25, 0.3) is 0 Å². The Balaban J connectivity index is 2.19. The lowest BCUT2D eigenvalue weighted by Gasteiger charge is -1.94. The highest BCUT2D eigenvalue weighted by molar-refractivity contribution is 5.74. The van der Waals surface area contributed by atoms with E-state index in [0.29, 0.717) is 6.04 Å². The predicted octanol–water partition coefficient (Wildman–Crippen LogP) is 1.29. The molecule has 9 heavy (non-hydrogen) atoms. The van der Waals surface area contributed by atoms with Gasteiger partial charge in [0, 0.05) is 18.5 Å². The molecule has 1 saturated carbocycles. The zero-order valence-electron chi connectivity index (χ0n) is 5.65. The molecular formula is C7H12N2. The Kier molecular flexibility index (Phi) is 1.88. The van der Waals surface area contributed by atoms with Gasteiger partial charge in [-0.25, -0.2) is 0 Å². The minimum atomic E-state index is 0.708. The van der Waals surface area contributed by atoms with E-state index in [-0.39, 0.29) is 0 Å². The fourth-order valence-corrected chi connectivity index (χ4v) is 0.541. The zero-order chi connectivity index (χ0) is 6.69. The molecule has 2 nitrogen and oxygen atoms in total. The summed E-state index contributed by atoms with van der Waals surface area (Å²) >= 11 is 0. The molecule has 0 amide bonds. The summed E-state index contributed by atoms with van der Waals surface area (Å²) in [4.78, 5) is 0. The molecule has 0 aromatic carbocycles. The molecule has 1 aliphatic carbocycles. The number of hydrogen-bond donors (Lipinski definition) is 2. The van der Waals surface area contributed by atoms with Gasteiger partial charge >= 0.3 is 0 Å². The molecule has 1 rings (SSSR count). The quantitative estimate of drug-likeness (QED) is 0.546. The van der Waals surface area contributed by atoms with Gasteiger partial charge in [-0.15, -0.1) is 0 Å². The Morgan fingerprint density at radius 3 is 2.78 bits per heavy atom. The maximum Gasteiger partial charge on any atom is 0.0257 e. The molecule has 0 aromatic rings. The van der Waals surface area contributed by atoms with Gasteiger partial charge in [0.1, 0.15) is 0 Å². The lowest BCUT2D eigenvalue weighted by atomic mass is 10.4. The minimum Gasteiger partial charge on any atom is -0.388 e. The summed E-state index contributed by atoms with van der Waals surface area (Å²) in [5.41, 5.74) is 0.988. The summed E-state index contributed by atoms with van der Waals surface area (Å²) in [6, 6.07) is 0.708. The summed E-state index contributed by atoms with van der Waals surface area (Å²) in [6.45, 7) is 1.92. The van der Waals surface area contributed by atoms with Gasteiger partial charge in [-0.2, -0.15) is 0 Å². The Bertz CT molecular complexity index is 134. The van der Waals surface area contributed by atoms with Crippen molar-refractivity contribution in [2.24, 2.45) is 0 Å². The number of allylic oxidation sites excluding steroid dienone is 1. The summed E-state index contributed by atoms with van der Waals surface area (Å²) in [5.74, 6) is 0. The van der Waals surface area contributed by atoms with Crippen LogP contribution < -0.4 is 5.32 Å². The van der Waals surface area contributed by atoms with Crippen molar-refractivity contribution in [1.29, 1.82) is 5.41 Å². The van der Waals surface area contributed by atoms with E-state index in [9.17, 15) is 0 Å². The van der Waals surface area contributed by atoms with Crippen molar-refractivity contribution in [2.75, 3.05) is 0 Å². The third-order valence-electron chi connectivity index (χ3n) is 1.35. The fourth-order valence-electron chi connectivity index (χ4n) is 0.541. The third-order valence-corrected chi connectivity index (χ3v) is 1.35. The van der Waals surface area contributed by atoms with Gasteiger partial charge in [-0.1, -0.05) is 0 Å². The SMILES string of the molecule is C/C(C=N)=C/NC1CC1. The number of hydrogen-bond acceptors (Lipinski definition) is 2. The van der Waals surface area contributed by atoms with Crippen LogP contribution in [0.2, 0.25) is 0 Å². The summed E-state index contributed by atoms with van der Waals surface area (Å²) < 4.78 is 0. The first-order chi connectivity index (χ1) is 4.33. The second-order valence-corrected chi connectivity index (χ2v) is 2.47. The molecule has 0 atom stereocenters. The summed E-state index contributed by atoms with van der Waals surface area (Å²) in [5, 5.41) is 10.0. The first-order valence-electron chi connectivity index (χ1n) is 3.26. The molecule has 0 aromatic heterocycles. The maximum atomic E-state index is 6.84. The third kappa shape index (κ3) is 2.31. The molecule has 2 heteroatoms. The van der Waals surface area contributed by atoms with Gasteiger partial charge < -0.3 is 10.7 Å². The van der Waals surface area contributed by atoms with Crippen LogP contribution in [-0.2, 0) is 0 Å². The molecule has 0 heterocycles. The van der Waals surface area contributed by atoms with Gasteiger partial charge in [0.15, 0.2) is 0 Å². The Morgan fingerprint density at radius 2 is 2.33 bits per heavy atom. The molecule has 50 valence electrons. The first kappa shape index (κ1) is 6.33. The van der Waals surface area contributed by atoms with Gasteiger partial charge in [0.2, 0.25) is 0 Å². The zero-order valence-corrected chi connectivity index (χ0v) is 5.65. The molecule has 1 aliphatic rings. The van der Waals surface area contributed by atoms with E-state index in [4.69, 9.17) is 5.41 Å². The Morgan fingerprint density at radius 1 is 1.67 bits per heavy atom. The summed E-state index contributed by atoms with van der Waals surface area (Å²) in [7, 11) is 0. The second-order valence-electron chi connectivity index (χ2n) is 2.47. The molecule has 0 radical (unpaired) electrons. The van der Waals surface area contributed by atoms with Gasteiger partial charge in [0.05, 0.1) is 0 Å². The molecule has 1 fully saturated rings. The van der Waals surface area contributed by atoms with Crippen LogP contribution in [-0.4, -0.2) is 12.3 Å². The highest BCUT2D eigenvalue weighted by Gasteiger charge is 2.18. The Hall–Kier alpha value is -0.790. The highest BCUT2D eigenvalue weighted by Crippen LogP contribution is 2.18. The van der Waals surface area contributed by atoms with Crippen LogP contribution in [0.4, 0.5) is 0 Å². The van der Waals surface area contributed by atoms with E-state index in [1.165, 1.54) is 19.1 Å². The van der Waals surface area contributed by atoms with Crippen LogP contribution >= 0.6 is 0 Å². The predicted molar refractivity (Wildman–Crippen MR) is 38.7 cm³/mol. The van der Waals surface area contributed by atoms with Crippen LogP contribution in [0.1, 0.15) is 19.8 Å². The van der Waals surface area contributed by atoms with Crippen LogP contribution in [0.5, 0.6) is 0 Å². The molecule has 0 spiro atoms. The van der Waals surface area contributed by atoms with Crippen molar-refractivity contribution in [2.45, 2.75) is 25.8 Å². The standard InChI is InChI=1S/C7H12N2/c1-6(4-8)5-9-7-2-3-7/h4-5,7-9H,2-3H2,1H3/b6-5-,8-4?. The van der Waals surface area contributed by atoms with Crippen molar-refractivity contribution in [1.82, 2.24) is 5.32 Å². The largest absolute Gasteiger partial charge is 0.388 e. The smallest absolute Gasteiger partial charge is 0.0257 e. The van der Waals surface area contributed by atoms with E-state index in [1.807, 2.05) is 13.1 Å². The van der Waals surface area contributed by atoms with Crippen molar-refractivity contribution < 1.29 is 0 Å². The number of rotatable bonds is 3. The molecule has 0 bridgehead atoms. The molecule has 2 N–H and O–H groups in total. The fraction of sp³-hybridized carbons (Fsp3) is 0.571. The second kappa shape index (κ2) is 2.67. The van der Waals surface area contributed by atoms with Crippen molar-refractivity contribution >= 4 is 6.21 Å². The topological polar surface area (TPSA) is 35.9 Å². The van der Waals surface area contributed by atoms with Gasteiger partial charge in [-0.3, -0.25) is 0 Å². The first-order valence-corrected chi connectivity index (χ1v) is 3.26. The molecule has 0 unspecified atom stereocenters. The molecular weight excluding hydrogens is 112 g/mol. The summed E-state index contributed by atoms with van der Waals surface area (Å²) in [6.07, 6.45) is 5.85. The van der Waals surface area contributed by atoms with E-state index < -0.39 is 0 Å². The van der Waals surface area contributed by atoms with Crippen molar-refractivity contribution in [3.8, 4) is 0 Å². The van der Waals surface area contributed by atoms with E-state index in [2.05, 4.69) is 5.32 Å².